The van der Waals surface area contributed by atoms with E-state index >= 15 is 0 Å². The third-order valence-corrected chi connectivity index (χ3v) is 7.36. The Morgan fingerprint density at radius 2 is 1.90 bits per heavy atom. The minimum absolute atomic E-state index is 0.177. The van der Waals surface area contributed by atoms with Crippen molar-refractivity contribution in [3.8, 4) is 29.2 Å². The second kappa shape index (κ2) is 11.5. The maximum atomic E-state index is 13.6. The van der Waals surface area contributed by atoms with Crippen LogP contribution in [0.15, 0.2) is 104 Å². The molecule has 2 aromatic heterocycles. The summed E-state index contributed by atoms with van der Waals surface area (Å²) in [7, 11) is 1.53. The maximum absolute atomic E-state index is 13.6. The van der Waals surface area contributed by atoms with Crippen molar-refractivity contribution in [2.24, 2.45) is 5.10 Å². The number of furan rings is 1. The van der Waals surface area contributed by atoms with Crippen molar-refractivity contribution in [1.82, 2.24) is 9.66 Å². The number of halogens is 2. The van der Waals surface area contributed by atoms with Gasteiger partial charge in [-0.3, -0.25) is 4.79 Å². The lowest BCUT2D eigenvalue weighted by atomic mass is 10.1. The molecule has 0 N–H and O–H groups in total. The topological polar surface area (TPSA) is 103 Å². The Kier molecular flexibility index (Phi) is 7.48. The van der Waals surface area contributed by atoms with Gasteiger partial charge in [-0.05, 0) is 76.1 Å². The lowest BCUT2D eigenvalue weighted by Gasteiger charge is -2.14. The molecular formula is C32H20BrClN4O4. The first-order valence-electron chi connectivity index (χ1n) is 12.7. The number of hydrogen-bond acceptors (Lipinski definition) is 7. The van der Waals surface area contributed by atoms with Crippen molar-refractivity contribution < 1.29 is 13.9 Å². The van der Waals surface area contributed by atoms with Crippen molar-refractivity contribution in [2.45, 2.75) is 6.61 Å². The molecule has 206 valence electrons. The summed E-state index contributed by atoms with van der Waals surface area (Å²) in [6, 6.07) is 27.1. The first-order valence-corrected chi connectivity index (χ1v) is 13.9. The Morgan fingerprint density at radius 3 is 2.74 bits per heavy atom. The molecule has 0 aliphatic rings. The Bertz CT molecular complexity index is 2110. The molecule has 10 heteroatoms. The molecule has 0 unspecified atom stereocenters. The van der Waals surface area contributed by atoms with Crippen LogP contribution in [-0.4, -0.2) is 23.0 Å². The highest BCUT2D eigenvalue weighted by atomic mass is 79.9. The molecule has 0 saturated carbocycles. The zero-order valence-electron chi connectivity index (χ0n) is 22.0. The van der Waals surface area contributed by atoms with E-state index in [-0.39, 0.29) is 18.0 Å². The van der Waals surface area contributed by atoms with E-state index in [1.165, 1.54) is 18.0 Å². The van der Waals surface area contributed by atoms with Crippen molar-refractivity contribution in [2.75, 3.05) is 7.11 Å². The van der Waals surface area contributed by atoms with Gasteiger partial charge in [-0.2, -0.15) is 15.0 Å². The number of nitriles is 1. The summed E-state index contributed by atoms with van der Waals surface area (Å²) in [5, 5.41) is 15.7. The van der Waals surface area contributed by atoms with Gasteiger partial charge in [0.25, 0.3) is 5.56 Å². The van der Waals surface area contributed by atoms with Crippen LogP contribution in [0.5, 0.6) is 11.5 Å². The van der Waals surface area contributed by atoms with Crippen LogP contribution in [0.2, 0.25) is 5.02 Å². The molecule has 0 saturated heterocycles. The molecule has 0 spiro atoms. The van der Waals surface area contributed by atoms with Gasteiger partial charge in [0.15, 0.2) is 17.3 Å². The third-order valence-electron chi connectivity index (χ3n) is 6.54. The van der Waals surface area contributed by atoms with Gasteiger partial charge in [0.2, 0.25) is 5.82 Å². The molecule has 8 nitrogen and oxygen atoms in total. The van der Waals surface area contributed by atoms with E-state index in [0.717, 1.165) is 10.9 Å². The summed E-state index contributed by atoms with van der Waals surface area (Å²) >= 11 is 9.73. The minimum Gasteiger partial charge on any atom is -0.493 e. The summed E-state index contributed by atoms with van der Waals surface area (Å²) in [5.74, 6) is 1.52. The minimum atomic E-state index is -0.354. The lowest BCUT2D eigenvalue weighted by molar-refractivity contribution is 0.282. The van der Waals surface area contributed by atoms with Crippen LogP contribution in [0.4, 0.5) is 0 Å². The Hall–Kier alpha value is -4.91. The molecule has 6 rings (SSSR count). The van der Waals surface area contributed by atoms with Gasteiger partial charge in [0.1, 0.15) is 12.2 Å². The molecule has 0 radical (unpaired) electrons. The van der Waals surface area contributed by atoms with E-state index in [0.29, 0.717) is 54.4 Å². The van der Waals surface area contributed by atoms with Crippen LogP contribution >= 0.6 is 27.5 Å². The zero-order chi connectivity index (χ0) is 29.2. The molecule has 2 heterocycles. The van der Waals surface area contributed by atoms with E-state index in [2.05, 4.69) is 27.1 Å². The average molecular weight is 640 g/mol. The lowest BCUT2D eigenvalue weighted by Crippen LogP contribution is -2.20. The number of nitrogens with zero attached hydrogens (tertiary/aromatic N) is 4. The van der Waals surface area contributed by atoms with Crippen molar-refractivity contribution in [1.29, 1.82) is 5.26 Å². The third kappa shape index (κ3) is 5.26. The quantitative estimate of drug-likeness (QED) is 0.167. The number of aromatic nitrogens is 2. The van der Waals surface area contributed by atoms with Crippen molar-refractivity contribution in [3.05, 3.63) is 121 Å². The molecule has 0 fully saturated rings. The van der Waals surface area contributed by atoms with E-state index < -0.39 is 0 Å². The molecule has 42 heavy (non-hydrogen) atoms. The predicted molar refractivity (Wildman–Crippen MR) is 165 cm³/mol. The fraction of sp³-hybridized carbons (Fsp3) is 0.0625. The molecule has 0 amide bonds. The molecule has 0 aliphatic carbocycles. The van der Waals surface area contributed by atoms with E-state index in [1.807, 2.05) is 18.2 Å². The van der Waals surface area contributed by atoms with Gasteiger partial charge in [0.05, 0.1) is 40.3 Å². The first kappa shape index (κ1) is 27.3. The van der Waals surface area contributed by atoms with Gasteiger partial charge >= 0.3 is 0 Å². The largest absolute Gasteiger partial charge is 0.493 e. The summed E-state index contributed by atoms with van der Waals surface area (Å²) in [6.07, 6.45) is 1.53. The molecule has 0 atom stereocenters. The van der Waals surface area contributed by atoms with Crippen LogP contribution in [0.3, 0.4) is 0 Å². The summed E-state index contributed by atoms with van der Waals surface area (Å²) in [6.45, 7) is 0.177. The highest BCUT2D eigenvalue weighted by molar-refractivity contribution is 9.10. The molecular weight excluding hydrogens is 620 g/mol. The number of hydrogen-bond donors (Lipinski definition) is 0. The highest BCUT2D eigenvalue weighted by Gasteiger charge is 2.17. The van der Waals surface area contributed by atoms with Gasteiger partial charge in [-0.15, -0.1) is 0 Å². The number of ether oxygens (including phenoxy) is 2. The van der Waals surface area contributed by atoms with Crippen LogP contribution in [0, 0.1) is 11.3 Å². The van der Waals surface area contributed by atoms with Gasteiger partial charge in [-0.25, -0.2) is 4.98 Å². The Labute approximate surface area is 253 Å². The highest BCUT2D eigenvalue weighted by Crippen LogP contribution is 2.37. The number of fused-ring (bicyclic) bond motifs is 2. The molecule has 0 bridgehead atoms. The SMILES string of the molecule is COc1cc(C=Nn2c(-c3cc4cc(Cl)ccc4o3)nc3ccccc3c2=O)cc(Br)c1OCc1ccccc1C#N. The van der Waals surface area contributed by atoms with Crippen molar-refractivity contribution >= 4 is 55.6 Å². The second-order valence-electron chi connectivity index (χ2n) is 9.20. The first-order chi connectivity index (χ1) is 20.4. The van der Waals surface area contributed by atoms with Crippen LogP contribution in [0.25, 0.3) is 33.5 Å². The van der Waals surface area contributed by atoms with Gasteiger partial charge < -0.3 is 13.9 Å². The van der Waals surface area contributed by atoms with Crippen molar-refractivity contribution in [3.63, 3.8) is 0 Å². The Balaban J connectivity index is 1.39. The normalized spacial score (nSPS) is 11.3. The molecule has 0 aliphatic heterocycles. The number of para-hydroxylation sites is 1. The standard InChI is InChI=1S/C32H20BrClN4O4/c1-40-28-13-19(12-25(33)30(28)41-18-21-7-3-2-6-20(21)16-35)17-36-38-31(37-26-9-5-4-8-24(26)32(38)39)29-15-22-14-23(34)10-11-27(22)42-29/h2-15,17H,18H2,1H3. The predicted octanol–water partition coefficient (Wildman–Crippen LogP) is 7.57. The Morgan fingerprint density at radius 1 is 1.10 bits per heavy atom. The second-order valence-corrected chi connectivity index (χ2v) is 10.5. The van der Waals surface area contributed by atoms with Gasteiger partial charge in [0, 0.05) is 16.0 Å². The number of rotatable bonds is 7. The van der Waals surface area contributed by atoms with E-state index in [1.54, 1.807) is 66.7 Å². The van der Waals surface area contributed by atoms with E-state index in [9.17, 15) is 10.1 Å². The number of methoxy groups -OCH3 is 1. The van der Waals surface area contributed by atoms with Gasteiger partial charge in [-0.1, -0.05) is 41.9 Å². The summed E-state index contributed by atoms with van der Waals surface area (Å²) in [5.41, 5.74) is 2.69. The fourth-order valence-corrected chi connectivity index (χ4v) is 5.25. The van der Waals surface area contributed by atoms with E-state index in [4.69, 9.17) is 30.5 Å². The van der Waals surface area contributed by atoms with Crippen LogP contribution < -0.4 is 15.0 Å². The van der Waals surface area contributed by atoms with Crippen LogP contribution in [0.1, 0.15) is 16.7 Å². The average Bonchev–Trinajstić information content (AvgIpc) is 3.43. The zero-order valence-corrected chi connectivity index (χ0v) is 24.4. The van der Waals surface area contributed by atoms with Crippen LogP contribution in [-0.2, 0) is 6.61 Å². The molecule has 6 aromatic rings. The number of benzene rings is 4. The fourth-order valence-electron chi connectivity index (χ4n) is 4.50. The maximum Gasteiger partial charge on any atom is 0.282 e. The molecule has 4 aromatic carbocycles. The summed E-state index contributed by atoms with van der Waals surface area (Å²) in [4.78, 5) is 18.3. The monoisotopic (exact) mass is 638 g/mol. The summed E-state index contributed by atoms with van der Waals surface area (Å²) < 4.78 is 19.5. The smallest absolute Gasteiger partial charge is 0.282 e.